The van der Waals surface area contributed by atoms with Gasteiger partial charge in [-0.1, -0.05) is 71.6 Å². The number of hydrogen-bond donors (Lipinski definition) is 3. The number of nitrogens with zero attached hydrogens (tertiary/aromatic N) is 1. The molecule has 0 bridgehead atoms. The highest BCUT2D eigenvalue weighted by molar-refractivity contribution is 5.88. The molecule has 0 aliphatic carbocycles. The lowest BCUT2D eigenvalue weighted by molar-refractivity contribution is -0.136. The molecular formula is C30H58N4O6. The van der Waals surface area contributed by atoms with Crippen molar-refractivity contribution < 1.29 is 28.7 Å². The van der Waals surface area contributed by atoms with E-state index in [2.05, 4.69) is 24.9 Å². The van der Waals surface area contributed by atoms with Crippen LogP contribution in [0.1, 0.15) is 131 Å². The third kappa shape index (κ3) is 22.3. The number of alkyl carbamates (subject to hydrolysis) is 1. The van der Waals surface area contributed by atoms with Crippen molar-refractivity contribution >= 4 is 30.5 Å². The van der Waals surface area contributed by atoms with Gasteiger partial charge in [-0.3, -0.25) is 14.4 Å². The average Bonchev–Trinajstić information content (AvgIpc) is 3.32. The zero-order valence-electron chi connectivity index (χ0n) is 26.0. The van der Waals surface area contributed by atoms with Gasteiger partial charge in [0.25, 0.3) is 0 Å². The Kier molecular flexibility index (Phi) is 24.1. The minimum Gasteiger partial charge on any atom is -0.444 e. The van der Waals surface area contributed by atoms with Crippen LogP contribution in [0.3, 0.4) is 0 Å². The standard InChI is InChI=1S/C26H47N3O5.C3H8.CH3NO/c1-20(31)18-21(27)14-11-9-7-5-6-8-10-12-16-23(28-25(33)34-26(2,3)4)24(32)29-17-13-15-22(29)19-30;1-3-2;2-1-3/h19,21-23H,5-18,27H2,1-4H3,(H,28,33);3H2,1-2H3;1H,(H2,2,3)/t21-,22?,23-;;/m0../s1. The summed E-state index contributed by atoms with van der Waals surface area (Å²) < 4.78 is 5.34. The van der Waals surface area contributed by atoms with Crippen LogP contribution >= 0.6 is 0 Å². The number of rotatable bonds is 16. The summed E-state index contributed by atoms with van der Waals surface area (Å²) in [6, 6.07) is -1.08. The third-order valence-electron chi connectivity index (χ3n) is 6.10. The molecule has 0 aromatic carbocycles. The summed E-state index contributed by atoms with van der Waals surface area (Å²) in [5.41, 5.74) is 9.46. The molecule has 1 fully saturated rings. The normalized spacial score (nSPS) is 15.9. The Hall–Kier alpha value is -2.49. The van der Waals surface area contributed by atoms with E-state index in [0.29, 0.717) is 25.8 Å². The number of nitrogens with two attached hydrogens (primary N) is 2. The molecule has 1 heterocycles. The van der Waals surface area contributed by atoms with Gasteiger partial charge in [0.05, 0.1) is 6.04 Å². The number of carbonyl (C=O) groups excluding carboxylic acids is 5. The molecule has 5 N–H and O–H groups in total. The lowest BCUT2D eigenvalue weighted by Crippen LogP contribution is -2.51. The molecule has 1 unspecified atom stereocenters. The topological polar surface area (TPSA) is 162 Å². The molecule has 1 rings (SSSR count). The number of aldehydes is 1. The third-order valence-corrected chi connectivity index (χ3v) is 6.10. The van der Waals surface area contributed by atoms with Gasteiger partial charge in [-0.25, -0.2) is 4.79 Å². The fourth-order valence-corrected chi connectivity index (χ4v) is 4.40. The van der Waals surface area contributed by atoms with E-state index >= 15 is 0 Å². The molecule has 0 spiro atoms. The van der Waals surface area contributed by atoms with E-state index in [9.17, 15) is 19.2 Å². The average molecular weight is 571 g/mol. The second-order valence-corrected chi connectivity index (χ2v) is 11.5. The maximum absolute atomic E-state index is 13.1. The summed E-state index contributed by atoms with van der Waals surface area (Å²) in [5.74, 6) is -0.0369. The monoisotopic (exact) mass is 570 g/mol. The predicted molar refractivity (Wildman–Crippen MR) is 160 cm³/mol. The van der Waals surface area contributed by atoms with Crippen LogP contribution in [-0.2, 0) is 23.9 Å². The second kappa shape index (κ2) is 24.3. The fraction of sp³-hybridized carbons (Fsp3) is 0.833. The summed E-state index contributed by atoms with van der Waals surface area (Å²) >= 11 is 0. The van der Waals surface area contributed by atoms with Gasteiger partial charge in [0.2, 0.25) is 12.3 Å². The first kappa shape index (κ1) is 39.7. The lowest BCUT2D eigenvalue weighted by Gasteiger charge is -2.28. The van der Waals surface area contributed by atoms with E-state index < -0.39 is 23.8 Å². The number of likely N-dealkylation sites (tertiary alicyclic amines) is 1. The summed E-state index contributed by atoms with van der Waals surface area (Å²) in [6.45, 7) is 11.7. The maximum Gasteiger partial charge on any atom is 0.408 e. The Morgan fingerprint density at radius 3 is 1.90 bits per heavy atom. The molecule has 1 aliphatic heterocycles. The highest BCUT2D eigenvalue weighted by Crippen LogP contribution is 2.19. The Morgan fingerprint density at radius 2 is 1.45 bits per heavy atom. The smallest absolute Gasteiger partial charge is 0.408 e. The Morgan fingerprint density at radius 1 is 0.975 bits per heavy atom. The number of amides is 3. The Bertz CT molecular complexity index is 711. The van der Waals surface area contributed by atoms with Crippen molar-refractivity contribution in [1.82, 2.24) is 10.2 Å². The van der Waals surface area contributed by atoms with Gasteiger partial charge in [-0.15, -0.1) is 0 Å². The lowest BCUT2D eigenvalue weighted by atomic mass is 10.0. The van der Waals surface area contributed by atoms with Crippen molar-refractivity contribution in [3.63, 3.8) is 0 Å². The van der Waals surface area contributed by atoms with E-state index in [1.165, 1.54) is 6.42 Å². The van der Waals surface area contributed by atoms with Crippen LogP contribution in [0, 0.1) is 0 Å². The van der Waals surface area contributed by atoms with Crippen molar-refractivity contribution in [3.05, 3.63) is 0 Å². The molecule has 0 saturated carbocycles. The molecule has 3 amide bonds. The minimum absolute atomic E-state index is 0.00943. The number of carbonyl (C=O) groups is 5. The van der Waals surface area contributed by atoms with E-state index in [1.54, 1.807) is 32.6 Å². The Balaban J connectivity index is 0. The Labute approximate surface area is 242 Å². The molecular weight excluding hydrogens is 512 g/mol. The van der Waals surface area contributed by atoms with E-state index in [0.717, 1.165) is 70.5 Å². The zero-order chi connectivity index (χ0) is 31.0. The van der Waals surface area contributed by atoms with Gasteiger partial charge in [-0.05, 0) is 53.4 Å². The van der Waals surface area contributed by atoms with Crippen LogP contribution in [-0.4, -0.2) is 65.7 Å². The van der Waals surface area contributed by atoms with Crippen LogP contribution < -0.4 is 16.8 Å². The van der Waals surface area contributed by atoms with Crippen LogP contribution in [0.15, 0.2) is 0 Å². The van der Waals surface area contributed by atoms with Gasteiger partial charge in [0.1, 0.15) is 23.7 Å². The second-order valence-electron chi connectivity index (χ2n) is 11.5. The van der Waals surface area contributed by atoms with Gasteiger partial charge in [0.15, 0.2) is 0 Å². The first-order valence-electron chi connectivity index (χ1n) is 15.0. The molecule has 10 nitrogen and oxygen atoms in total. The van der Waals surface area contributed by atoms with E-state index in [1.807, 2.05) is 0 Å². The van der Waals surface area contributed by atoms with Crippen LogP contribution in [0.4, 0.5) is 4.79 Å². The molecule has 40 heavy (non-hydrogen) atoms. The molecule has 1 aliphatic rings. The molecule has 234 valence electrons. The number of hydrogen-bond acceptors (Lipinski definition) is 7. The summed E-state index contributed by atoms with van der Waals surface area (Å²) in [5, 5.41) is 2.74. The van der Waals surface area contributed by atoms with Crippen molar-refractivity contribution in [1.29, 1.82) is 0 Å². The first-order chi connectivity index (χ1) is 18.9. The van der Waals surface area contributed by atoms with Crippen molar-refractivity contribution in [2.45, 2.75) is 155 Å². The van der Waals surface area contributed by atoms with Gasteiger partial charge >= 0.3 is 6.09 Å². The number of Topliss-reactive ketones (excluding diaryl/α,β-unsaturated/α-hetero) is 1. The van der Waals surface area contributed by atoms with Crippen LogP contribution in [0.2, 0.25) is 0 Å². The molecule has 0 aromatic rings. The van der Waals surface area contributed by atoms with Gasteiger partial charge in [-0.2, -0.15) is 0 Å². The van der Waals surface area contributed by atoms with Gasteiger partial charge in [0, 0.05) is 19.0 Å². The van der Waals surface area contributed by atoms with Crippen LogP contribution in [0.5, 0.6) is 0 Å². The van der Waals surface area contributed by atoms with E-state index in [-0.39, 0.29) is 24.1 Å². The number of primary amides is 1. The van der Waals surface area contributed by atoms with Crippen LogP contribution in [0.25, 0.3) is 0 Å². The van der Waals surface area contributed by atoms with Crippen molar-refractivity contribution in [2.75, 3.05) is 6.54 Å². The summed E-state index contributed by atoms with van der Waals surface area (Å²) in [6.07, 6.45) is 13.7. The highest BCUT2D eigenvalue weighted by Gasteiger charge is 2.34. The number of ketones is 1. The SMILES string of the molecule is CC(=O)C[C@@H](N)CCCCCCCCCC[C@H](NC(=O)OC(C)(C)C)C(=O)N1CCCC1C=O.CCC.NC=O. The molecule has 0 aromatic heterocycles. The van der Waals surface area contributed by atoms with Gasteiger partial charge < -0.3 is 31.2 Å². The zero-order valence-corrected chi connectivity index (χ0v) is 26.0. The highest BCUT2D eigenvalue weighted by atomic mass is 16.6. The summed E-state index contributed by atoms with van der Waals surface area (Å²) in [7, 11) is 0. The van der Waals surface area contributed by atoms with E-state index in [4.69, 9.17) is 15.3 Å². The number of unbranched alkanes of at least 4 members (excludes halogenated alkanes) is 7. The quantitative estimate of drug-likeness (QED) is 0.177. The maximum atomic E-state index is 13.1. The molecule has 3 atom stereocenters. The van der Waals surface area contributed by atoms with Crippen molar-refractivity contribution in [3.8, 4) is 0 Å². The summed E-state index contributed by atoms with van der Waals surface area (Å²) in [4.78, 5) is 57.9. The molecule has 1 saturated heterocycles. The number of nitrogens with one attached hydrogen (secondary N) is 1. The minimum atomic E-state index is -0.672. The largest absolute Gasteiger partial charge is 0.444 e. The molecule has 0 radical (unpaired) electrons. The number of ether oxygens (including phenoxy) is 1. The first-order valence-corrected chi connectivity index (χ1v) is 15.0. The predicted octanol–water partition coefficient (Wildman–Crippen LogP) is 4.79. The van der Waals surface area contributed by atoms with Crippen molar-refractivity contribution in [2.24, 2.45) is 11.5 Å². The molecule has 10 heteroatoms. The fourth-order valence-electron chi connectivity index (χ4n) is 4.40.